The van der Waals surface area contributed by atoms with Crippen LogP contribution < -0.4 is 4.74 Å². The first-order chi connectivity index (χ1) is 14.2. The van der Waals surface area contributed by atoms with Crippen molar-refractivity contribution in [2.75, 3.05) is 33.9 Å². The second-order valence-corrected chi connectivity index (χ2v) is 7.29. The van der Waals surface area contributed by atoms with E-state index in [9.17, 15) is 19.5 Å². The molecule has 2 aromatic carbocycles. The first kappa shape index (κ1) is 23.2. The van der Waals surface area contributed by atoms with Crippen LogP contribution in [0.1, 0.15) is 25.3 Å². The third-order valence-corrected chi connectivity index (χ3v) is 5.02. The number of hydrogen-bond donors (Lipinski definition) is 2. The first-order valence-electron chi connectivity index (χ1n) is 9.53. The summed E-state index contributed by atoms with van der Waals surface area (Å²) in [6, 6.07) is 10.7. The van der Waals surface area contributed by atoms with Gasteiger partial charge in [0.1, 0.15) is 12.3 Å². The van der Waals surface area contributed by atoms with E-state index in [4.69, 9.17) is 14.6 Å². The molecule has 8 nitrogen and oxygen atoms in total. The Bertz CT molecular complexity index is 927. The summed E-state index contributed by atoms with van der Waals surface area (Å²) in [6.45, 7) is 1.16. The van der Waals surface area contributed by atoms with Crippen molar-refractivity contribution in [1.29, 1.82) is 0 Å². The summed E-state index contributed by atoms with van der Waals surface area (Å²) in [7, 11) is 2.99. The topological polar surface area (TPSA) is 113 Å². The van der Waals surface area contributed by atoms with Gasteiger partial charge in [-0.15, -0.1) is 0 Å². The summed E-state index contributed by atoms with van der Waals surface area (Å²) >= 11 is 0. The van der Waals surface area contributed by atoms with Crippen LogP contribution in [0, 0.1) is 0 Å². The normalized spacial score (nSPS) is 12.8. The van der Waals surface area contributed by atoms with Gasteiger partial charge in [-0.2, -0.15) is 0 Å². The first-order valence-corrected chi connectivity index (χ1v) is 9.53. The van der Waals surface area contributed by atoms with Crippen molar-refractivity contribution in [2.45, 2.75) is 25.2 Å². The molecule has 0 saturated heterocycles. The minimum Gasteiger partial charge on any atom is -0.497 e. The Labute approximate surface area is 175 Å². The largest absolute Gasteiger partial charge is 0.497 e. The van der Waals surface area contributed by atoms with E-state index in [-0.39, 0.29) is 26.2 Å². The Morgan fingerprint density at radius 3 is 2.40 bits per heavy atom. The number of aliphatic hydroxyl groups excluding tert-OH is 1. The van der Waals surface area contributed by atoms with Crippen LogP contribution in [-0.4, -0.2) is 66.9 Å². The zero-order valence-electron chi connectivity index (χ0n) is 17.4. The molecule has 1 amide bonds. The van der Waals surface area contributed by atoms with Crippen molar-refractivity contribution in [3.63, 3.8) is 0 Å². The number of hydrogen-bond acceptors (Lipinski definition) is 6. The van der Waals surface area contributed by atoms with Gasteiger partial charge in [-0.05, 0) is 41.5 Å². The molecule has 0 aliphatic heterocycles. The molecule has 0 bridgehead atoms. The Kier molecular flexibility index (Phi) is 7.77. The number of amides is 1. The minimum atomic E-state index is -1.47. The predicted octanol–water partition coefficient (Wildman–Crippen LogP) is 1.96. The van der Waals surface area contributed by atoms with Crippen molar-refractivity contribution in [3.8, 4) is 5.75 Å². The fourth-order valence-electron chi connectivity index (χ4n) is 3.01. The van der Waals surface area contributed by atoms with E-state index in [1.54, 1.807) is 31.4 Å². The highest BCUT2D eigenvalue weighted by molar-refractivity contribution is 5.92. The average molecular weight is 417 g/mol. The van der Waals surface area contributed by atoms with E-state index >= 15 is 0 Å². The van der Waals surface area contributed by atoms with Gasteiger partial charge in [-0.1, -0.05) is 18.2 Å². The summed E-state index contributed by atoms with van der Waals surface area (Å²) in [5, 5.41) is 20.3. The van der Waals surface area contributed by atoms with Gasteiger partial charge in [0.15, 0.2) is 0 Å². The molecule has 0 heterocycles. The predicted molar refractivity (Wildman–Crippen MR) is 110 cm³/mol. The van der Waals surface area contributed by atoms with Gasteiger partial charge in [0.05, 0.1) is 19.1 Å². The maximum atomic E-state index is 12.6. The highest BCUT2D eigenvalue weighted by Gasteiger charge is 2.38. The van der Waals surface area contributed by atoms with Gasteiger partial charge in [0.2, 0.25) is 5.91 Å². The zero-order valence-corrected chi connectivity index (χ0v) is 17.4. The zero-order chi connectivity index (χ0) is 22.3. The maximum Gasteiger partial charge on any atom is 0.325 e. The number of carbonyl (C=O) groups excluding carboxylic acids is 2. The van der Waals surface area contributed by atoms with Crippen LogP contribution in [0.3, 0.4) is 0 Å². The molecule has 0 aliphatic carbocycles. The summed E-state index contributed by atoms with van der Waals surface area (Å²) in [4.78, 5) is 37.7. The lowest BCUT2D eigenvalue weighted by molar-refractivity contribution is -0.151. The summed E-state index contributed by atoms with van der Waals surface area (Å²) in [5.41, 5.74) is -0.986. The molecule has 30 heavy (non-hydrogen) atoms. The van der Waals surface area contributed by atoms with E-state index in [2.05, 4.69) is 0 Å². The molecule has 0 fully saturated rings. The van der Waals surface area contributed by atoms with Crippen LogP contribution in [0.15, 0.2) is 36.4 Å². The van der Waals surface area contributed by atoms with E-state index in [1.807, 2.05) is 12.1 Å². The number of aliphatic hydroxyl groups is 1. The van der Waals surface area contributed by atoms with Crippen LogP contribution >= 0.6 is 0 Å². The number of nitrogens with zero attached hydrogens (tertiary/aromatic N) is 1. The highest BCUT2D eigenvalue weighted by atomic mass is 16.5. The highest BCUT2D eigenvalue weighted by Crippen LogP contribution is 2.32. The van der Waals surface area contributed by atoms with Crippen LogP contribution in [-0.2, 0) is 24.5 Å². The number of carboxylic acid groups (broad SMARTS) is 1. The number of methoxy groups -OCH3 is 1. The fourth-order valence-corrected chi connectivity index (χ4v) is 3.01. The molecular formula is C22H27NO7. The van der Waals surface area contributed by atoms with Crippen LogP contribution in [0.5, 0.6) is 5.75 Å². The van der Waals surface area contributed by atoms with Gasteiger partial charge >= 0.3 is 11.9 Å². The second kappa shape index (κ2) is 10.1. The number of carboxylic acids is 1. The molecule has 0 spiro atoms. The second-order valence-electron chi connectivity index (χ2n) is 7.29. The molecule has 0 radical (unpaired) electrons. The minimum absolute atomic E-state index is 0.0616. The molecular weight excluding hydrogens is 390 g/mol. The lowest BCUT2D eigenvalue weighted by Crippen LogP contribution is -2.41. The van der Waals surface area contributed by atoms with Gasteiger partial charge in [-0.3, -0.25) is 14.4 Å². The smallest absolute Gasteiger partial charge is 0.325 e. The number of carbonyl (C=O) groups is 3. The van der Waals surface area contributed by atoms with Gasteiger partial charge < -0.3 is 24.6 Å². The number of fused-ring (bicyclic) bond motifs is 1. The number of benzene rings is 2. The number of aliphatic carboxylic acids is 1. The quantitative estimate of drug-likeness (QED) is 0.449. The van der Waals surface area contributed by atoms with Gasteiger partial charge in [0, 0.05) is 26.5 Å². The number of rotatable bonds is 10. The standard InChI is InChI=1S/C22H27NO7/c1-22(21(27)28,13-19(25)23(2)14-20(26)30-10-4-9-24)17-7-5-16-12-18(29-3)8-6-15(16)11-17/h5-8,11-12,24H,4,9-10,13-14H2,1-3H3,(H,27,28)/t22-/m0/s1. The molecule has 162 valence electrons. The average Bonchev–Trinajstić information content (AvgIpc) is 2.72. The van der Waals surface area contributed by atoms with Crippen molar-refractivity contribution < 1.29 is 34.1 Å². The van der Waals surface area contributed by atoms with Crippen LogP contribution in [0.25, 0.3) is 10.8 Å². The van der Waals surface area contributed by atoms with E-state index in [0.717, 1.165) is 15.7 Å². The van der Waals surface area contributed by atoms with Crippen LogP contribution in [0.2, 0.25) is 0 Å². The third kappa shape index (κ3) is 5.48. The van der Waals surface area contributed by atoms with Gasteiger partial charge in [-0.25, -0.2) is 0 Å². The Hall–Kier alpha value is -3.13. The molecule has 8 heteroatoms. The Morgan fingerprint density at radius 2 is 1.77 bits per heavy atom. The molecule has 0 aromatic heterocycles. The molecule has 1 atom stereocenters. The summed E-state index contributed by atoms with van der Waals surface area (Å²) in [5.74, 6) is -1.55. The van der Waals surface area contributed by atoms with Crippen molar-refractivity contribution in [1.82, 2.24) is 4.90 Å². The van der Waals surface area contributed by atoms with E-state index in [1.165, 1.54) is 14.0 Å². The summed E-state index contributed by atoms with van der Waals surface area (Å²) in [6.07, 6.45) is -0.00125. The van der Waals surface area contributed by atoms with Crippen molar-refractivity contribution in [2.24, 2.45) is 0 Å². The molecule has 0 saturated carbocycles. The van der Waals surface area contributed by atoms with Crippen molar-refractivity contribution in [3.05, 3.63) is 42.0 Å². The number of esters is 1. The molecule has 0 aliphatic rings. The Morgan fingerprint density at radius 1 is 1.10 bits per heavy atom. The molecule has 2 N–H and O–H groups in total. The van der Waals surface area contributed by atoms with E-state index in [0.29, 0.717) is 17.7 Å². The number of likely N-dealkylation sites (N-methyl/N-ethyl adjacent to an activating group) is 1. The van der Waals surface area contributed by atoms with Crippen LogP contribution in [0.4, 0.5) is 0 Å². The number of ether oxygens (including phenoxy) is 2. The maximum absolute atomic E-state index is 12.6. The lowest BCUT2D eigenvalue weighted by Gasteiger charge is -2.27. The van der Waals surface area contributed by atoms with Crippen molar-refractivity contribution >= 4 is 28.6 Å². The molecule has 0 unspecified atom stereocenters. The summed E-state index contributed by atoms with van der Waals surface area (Å²) < 4.78 is 10.1. The monoisotopic (exact) mass is 417 g/mol. The van der Waals surface area contributed by atoms with E-state index < -0.39 is 23.3 Å². The van der Waals surface area contributed by atoms with Gasteiger partial charge in [0.25, 0.3) is 0 Å². The molecule has 2 aromatic rings. The molecule has 2 rings (SSSR count). The lowest BCUT2D eigenvalue weighted by atomic mass is 9.78. The SMILES string of the molecule is COc1ccc2cc([C@](C)(CC(=O)N(C)CC(=O)OCCCO)C(=O)O)ccc2c1. The Balaban J connectivity index is 2.19. The third-order valence-electron chi connectivity index (χ3n) is 5.02. The fraction of sp³-hybridized carbons (Fsp3) is 0.409.